The summed E-state index contributed by atoms with van der Waals surface area (Å²) in [6.07, 6.45) is 6.03. The van der Waals surface area contributed by atoms with Gasteiger partial charge in [-0.3, -0.25) is 4.90 Å². The van der Waals surface area contributed by atoms with E-state index in [1.54, 1.807) is 5.57 Å². The molecule has 3 aliphatic heterocycles. The van der Waals surface area contributed by atoms with E-state index in [0.29, 0.717) is 6.61 Å². The van der Waals surface area contributed by atoms with Crippen LogP contribution in [0, 0.1) is 5.92 Å². The van der Waals surface area contributed by atoms with Crippen molar-refractivity contribution in [2.75, 3.05) is 26.2 Å². The van der Waals surface area contributed by atoms with E-state index in [4.69, 9.17) is 4.74 Å². The van der Waals surface area contributed by atoms with Gasteiger partial charge in [-0.25, -0.2) is 0 Å². The van der Waals surface area contributed by atoms with Gasteiger partial charge >= 0.3 is 0 Å². The minimum atomic E-state index is 0.700. The van der Waals surface area contributed by atoms with Gasteiger partial charge in [0.25, 0.3) is 0 Å². The van der Waals surface area contributed by atoms with Crippen LogP contribution in [0.3, 0.4) is 0 Å². The van der Waals surface area contributed by atoms with Crippen molar-refractivity contribution in [2.45, 2.75) is 19.3 Å². The zero-order valence-corrected chi connectivity index (χ0v) is 14.0. The Morgan fingerprint density at radius 3 is 2.67 bits per heavy atom. The highest BCUT2D eigenvalue weighted by atomic mass is 16.5. The predicted octanol–water partition coefficient (Wildman–Crippen LogP) is 4.29. The van der Waals surface area contributed by atoms with Gasteiger partial charge < -0.3 is 4.74 Å². The molecule has 1 aliphatic carbocycles. The van der Waals surface area contributed by atoms with Gasteiger partial charge in [0, 0.05) is 6.54 Å². The Bertz CT molecular complexity index is 799. The summed E-state index contributed by atoms with van der Waals surface area (Å²) in [6.45, 7) is 4.43. The predicted molar refractivity (Wildman–Crippen MR) is 97.4 cm³/mol. The van der Waals surface area contributed by atoms with Crippen molar-refractivity contribution in [1.29, 1.82) is 0 Å². The normalized spacial score (nSPS) is 25.6. The lowest BCUT2D eigenvalue weighted by Gasteiger charge is -2.41. The van der Waals surface area contributed by atoms with E-state index in [2.05, 4.69) is 53.4 Å². The minimum Gasteiger partial charge on any atom is -0.490 e. The molecular weight excluding hydrogens is 294 g/mol. The summed E-state index contributed by atoms with van der Waals surface area (Å²) < 4.78 is 6.05. The first-order valence-corrected chi connectivity index (χ1v) is 9.12. The van der Waals surface area contributed by atoms with Crippen LogP contribution in [0.1, 0.15) is 24.0 Å². The molecule has 6 rings (SSSR count). The van der Waals surface area contributed by atoms with Crippen LogP contribution in [0.4, 0.5) is 0 Å². The maximum Gasteiger partial charge on any atom is 0.120 e. The first-order valence-electron chi connectivity index (χ1n) is 9.12. The molecule has 122 valence electrons. The minimum absolute atomic E-state index is 0.700. The average molecular weight is 317 g/mol. The molecule has 3 heterocycles. The molecule has 0 radical (unpaired) electrons. The lowest BCUT2D eigenvalue weighted by Crippen LogP contribution is -2.43. The first kappa shape index (κ1) is 14.3. The van der Waals surface area contributed by atoms with Crippen LogP contribution in [-0.2, 0) is 6.42 Å². The van der Waals surface area contributed by atoms with Crippen LogP contribution in [-0.4, -0.2) is 31.1 Å². The van der Waals surface area contributed by atoms with E-state index in [1.165, 1.54) is 48.2 Å². The highest BCUT2D eigenvalue weighted by Gasteiger charge is 2.29. The van der Waals surface area contributed by atoms with Gasteiger partial charge in [0.05, 0.1) is 0 Å². The SMILES string of the molecule is C(/COc1ccc2c(c1)Cc1ccccc1-2)=C1/CN2CCC1CC2. The second-order valence-electron chi connectivity index (χ2n) is 7.29. The fraction of sp³-hybridized carbons (Fsp3) is 0.364. The summed E-state index contributed by atoms with van der Waals surface area (Å²) in [6, 6.07) is 15.3. The van der Waals surface area contributed by atoms with E-state index in [-0.39, 0.29) is 0 Å². The highest BCUT2D eigenvalue weighted by molar-refractivity contribution is 5.77. The fourth-order valence-corrected chi connectivity index (χ4v) is 4.54. The molecule has 3 saturated heterocycles. The summed E-state index contributed by atoms with van der Waals surface area (Å²) in [7, 11) is 0. The summed E-state index contributed by atoms with van der Waals surface area (Å²) in [5.74, 6) is 1.81. The fourth-order valence-electron chi connectivity index (χ4n) is 4.54. The van der Waals surface area contributed by atoms with Crippen LogP contribution in [0.25, 0.3) is 11.1 Å². The molecule has 0 amide bonds. The average Bonchev–Trinajstić information content (AvgIpc) is 3.00. The highest BCUT2D eigenvalue weighted by Crippen LogP contribution is 2.38. The molecule has 0 saturated carbocycles. The molecule has 0 N–H and O–H groups in total. The number of piperidine rings is 3. The Labute approximate surface area is 143 Å². The molecule has 0 unspecified atom stereocenters. The molecule has 2 aromatic carbocycles. The molecule has 0 spiro atoms. The maximum atomic E-state index is 6.05. The van der Waals surface area contributed by atoms with Crippen molar-refractivity contribution in [3.05, 3.63) is 65.2 Å². The quantitative estimate of drug-likeness (QED) is 0.668. The van der Waals surface area contributed by atoms with Crippen molar-refractivity contribution < 1.29 is 4.74 Å². The lowest BCUT2D eigenvalue weighted by molar-refractivity contribution is 0.160. The third kappa shape index (κ3) is 2.46. The van der Waals surface area contributed by atoms with Crippen LogP contribution in [0.15, 0.2) is 54.1 Å². The van der Waals surface area contributed by atoms with Gasteiger partial charge in [0.2, 0.25) is 0 Å². The van der Waals surface area contributed by atoms with Gasteiger partial charge in [-0.05, 0) is 78.7 Å². The topological polar surface area (TPSA) is 12.5 Å². The Kier molecular flexibility index (Phi) is 3.45. The Balaban J connectivity index is 1.29. The summed E-state index contributed by atoms with van der Waals surface area (Å²) in [5, 5.41) is 0. The number of hydrogen-bond acceptors (Lipinski definition) is 2. The van der Waals surface area contributed by atoms with Gasteiger partial charge in [0.15, 0.2) is 0 Å². The smallest absolute Gasteiger partial charge is 0.120 e. The van der Waals surface area contributed by atoms with Crippen LogP contribution in [0.2, 0.25) is 0 Å². The standard InChI is InChI=1S/C22H23NO/c1-2-4-21-17(3-1)13-19-14-20(5-6-22(19)21)24-12-9-18-15-23-10-7-16(18)8-11-23/h1-6,9,14,16H,7-8,10-13,15H2/b18-9+. The van der Waals surface area contributed by atoms with E-state index >= 15 is 0 Å². The second kappa shape index (κ2) is 5.78. The van der Waals surface area contributed by atoms with Crippen molar-refractivity contribution in [3.63, 3.8) is 0 Å². The number of nitrogens with zero attached hydrogens (tertiary/aromatic N) is 1. The zero-order chi connectivity index (χ0) is 15.9. The van der Waals surface area contributed by atoms with E-state index in [9.17, 15) is 0 Å². The van der Waals surface area contributed by atoms with Gasteiger partial charge in [-0.15, -0.1) is 0 Å². The van der Waals surface area contributed by atoms with Crippen molar-refractivity contribution in [1.82, 2.24) is 4.90 Å². The van der Waals surface area contributed by atoms with Crippen LogP contribution >= 0.6 is 0 Å². The molecule has 2 nitrogen and oxygen atoms in total. The Hall–Kier alpha value is -2.06. The lowest BCUT2D eigenvalue weighted by atomic mass is 9.84. The Morgan fingerprint density at radius 2 is 1.83 bits per heavy atom. The molecule has 2 aromatic rings. The first-order chi connectivity index (χ1) is 11.9. The molecule has 2 bridgehead atoms. The largest absolute Gasteiger partial charge is 0.490 e. The van der Waals surface area contributed by atoms with Crippen LogP contribution < -0.4 is 4.74 Å². The summed E-state index contributed by atoms with van der Waals surface area (Å²) >= 11 is 0. The van der Waals surface area contributed by atoms with E-state index < -0.39 is 0 Å². The second-order valence-corrected chi connectivity index (χ2v) is 7.29. The number of benzene rings is 2. The van der Waals surface area contributed by atoms with Crippen molar-refractivity contribution in [2.24, 2.45) is 5.92 Å². The molecule has 2 heteroatoms. The number of rotatable bonds is 3. The molecule has 24 heavy (non-hydrogen) atoms. The molecule has 0 atom stereocenters. The number of ether oxygens (including phenoxy) is 1. The summed E-state index contributed by atoms with van der Waals surface area (Å²) in [4.78, 5) is 2.57. The van der Waals surface area contributed by atoms with Crippen molar-refractivity contribution >= 4 is 0 Å². The third-order valence-electron chi connectivity index (χ3n) is 5.88. The monoisotopic (exact) mass is 317 g/mol. The molecule has 0 aromatic heterocycles. The molecule has 4 aliphatic rings. The van der Waals surface area contributed by atoms with Gasteiger partial charge in [-0.1, -0.05) is 35.9 Å². The third-order valence-corrected chi connectivity index (χ3v) is 5.88. The van der Waals surface area contributed by atoms with Crippen molar-refractivity contribution in [3.8, 4) is 16.9 Å². The van der Waals surface area contributed by atoms with E-state index in [0.717, 1.165) is 24.6 Å². The van der Waals surface area contributed by atoms with Gasteiger partial charge in [0.1, 0.15) is 12.4 Å². The van der Waals surface area contributed by atoms with Gasteiger partial charge in [-0.2, -0.15) is 0 Å². The molecular formula is C22H23NO. The maximum absolute atomic E-state index is 6.05. The van der Waals surface area contributed by atoms with Crippen LogP contribution in [0.5, 0.6) is 5.75 Å². The molecule has 3 fully saturated rings. The zero-order valence-electron chi connectivity index (χ0n) is 14.0. The number of hydrogen-bond donors (Lipinski definition) is 0. The summed E-state index contributed by atoms with van der Waals surface area (Å²) in [5.41, 5.74) is 7.17. The number of fused-ring (bicyclic) bond motifs is 6. The Morgan fingerprint density at radius 1 is 1.00 bits per heavy atom. The van der Waals surface area contributed by atoms with E-state index in [1.807, 2.05) is 0 Å².